The lowest BCUT2D eigenvalue weighted by Crippen LogP contribution is -2.35. The second kappa shape index (κ2) is 5.66. The van der Waals surface area contributed by atoms with Crippen LogP contribution in [0.15, 0.2) is 23.1 Å². The molecule has 0 bridgehead atoms. The van der Waals surface area contributed by atoms with Gasteiger partial charge in [0.15, 0.2) is 5.43 Å². The van der Waals surface area contributed by atoms with Gasteiger partial charge in [-0.15, -0.1) is 0 Å². The van der Waals surface area contributed by atoms with Gasteiger partial charge in [0.25, 0.3) is 5.91 Å². The van der Waals surface area contributed by atoms with Gasteiger partial charge in [-0.1, -0.05) is 25.7 Å². The fourth-order valence-corrected chi connectivity index (χ4v) is 2.26. The molecule has 1 aliphatic rings. The van der Waals surface area contributed by atoms with Crippen molar-refractivity contribution in [3.63, 3.8) is 0 Å². The minimum atomic E-state index is -0.172. The number of H-pyrrole nitrogens is 1. The Labute approximate surface area is 100 Å². The highest BCUT2D eigenvalue weighted by Gasteiger charge is 2.15. The summed E-state index contributed by atoms with van der Waals surface area (Å²) in [5.41, 5.74) is 0.205. The van der Waals surface area contributed by atoms with Crippen LogP contribution in [0.5, 0.6) is 0 Å². The van der Waals surface area contributed by atoms with Crippen LogP contribution in [-0.4, -0.2) is 16.9 Å². The van der Waals surface area contributed by atoms with Crippen molar-refractivity contribution in [1.29, 1.82) is 0 Å². The first kappa shape index (κ1) is 11.9. The molecule has 0 aromatic carbocycles. The smallest absolute Gasteiger partial charge is 0.268 e. The Morgan fingerprint density at radius 1 is 1.24 bits per heavy atom. The van der Waals surface area contributed by atoms with Crippen molar-refractivity contribution in [1.82, 2.24) is 10.3 Å². The molecule has 0 atom stereocenters. The summed E-state index contributed by atoms with van der Waals surface area (Å²) in [6.45, 7) is 0. The second-order valence-electron chi connectivity index (χ2n) is 4.60. The molecule has 1 aromatic rings. The molecule has 0 unspecified atom stereocenters. The predicted octanol–water partition coefficient (Wildman–Crippen LogP) is 1.83. The Morgan fingerprint density at radius 3 is 2.59 bits per heavy atom. The highest BCUT2D eigenvalue weighted by molar-refractivity contribution is 5.92. The van der Waals surface area contributed by atoms with Crippen molar-refractivity contribution in [2.24, 2.45) is 0 Å². The van der Waals surface area contributed by atoms with E-state index in [-0.39, 0.29) is 17.4 Å². The lowest BCUT2D eigenvalue weighted by atomic mass is 10.1. The van der Waals surface area contributed by atoms with E-state index in [9.17, 15) is 9.59 Å². The maximum absolute atomic E-state index is 11.9. The molecule has 2 N–H and O–H groups in total. The topological polar surface area (TPSA) is 62.0 Å². The van der Waals surface area contributed by atoms with E-state index in [1.165, 1.54) is 44.0 Å². The average Bonchev–Trinajstić information content (AvgIpc) is 2.57. The standard InChI is InChI=1S/C13H18N2O2/c16-11-7-8-14-12(9-11)13(17)15-10-5-3-1-2-4-6-10/h7-10H,1-6H2,(H,14,16)(H,15,17). The zero-order chi connectivity index (χ0) is 12.1. The van der Waals surface area contributed by atoms with Gasteiger partial charge in [0.05, 0.1) is 0 Å². The van der Waals surface area contributed by atoms with Crippen molar-refractivity contribution in [2.45, 2.75) is 44.6 Å². The van der Waals surface area contributed by atoms with Gasteiger partial charge in [-0.05, 0) is 12.8 Å². The number of nitrogens with one attached hydrogen (secondary N) is 2. The molecular weight excluding hydrogens is 216 g/mol. The van der Waals surface area contributed by atoms with Gasteiger partial charge >= 0.3 is 0 Å². The largest absolute Gasteiger partial charge is 0.357 e. The Bertz CT molecular complexity index is 431. The summed E-state index contributed by atoms with van der Waals surface area (Å²) in [5.74, 6) is -0.172. The SMILES string of the molecule is O=C(NC1CCCCCC1)c1cc(=O)cc[nH]1. The van der Waals surface area contributed by atoms with Gasteiger partial charge < -0.3 is 10.3 Å². The van der Waals surface area contributed by atoms with Crippen LogP contribution >= 0.6 is 0 Å². The molecule has 1 aromatic heterocycles. The minimum Gasteiger partial charge on any atom is -0.357 e. The predicted molar refractivity (Wildman–Crippen MR) is 66.0 cm³/mol. The zero-order valence-electron chi connectivity index (χ0n) is 9.87. The number of carbonyl (C=O) groups is 1. The highest BCUT2D eigenvalue weighted by atomic mass is 16.2. The number of rotatable bonds is 2. The number of aromatic nitrogens is 1. The van der Waals surface area contributed by atoms with Gasteiger partial charge in [0.2, 0.25) is 0 Å². The average molecular weight is 234 g/mol. The maximum Gasteiger partial charge on any atom is 0.268 e. The van der Waals surface area contributed by atoms with Crippen molar-refractivity contribution < 1.29 is 4.79 Å². The third kappa shape index (κ3) is 3.44. The fourth-order valence-electron chi connectivity index (χ4n) is 2.26. The van der Waals surface area contributed by atoms with E-state index in [0.717, 1.165) is 12.8 Å². The van der Waals surface area contributed by atoms with Gasteiger partial charge in [-0.2, -0.15) is 0 Å². The number of carbonyl (C=O) groups excluding carboxylic acids is 1. The van der Waals surface area contributed by atoms with Crippen LogP contribution in [0, 0.1) is 0 Å². The summed E-state index contributed by atoms with van der Waals surface area (Å²) in [6, 6.07) is 3.00. The van der Waals surface area contributed by atoms with Crippen LogP contribution < -0.4 is 10.7 Å². The van der Waals surface area contributed by atoms with E-state index in [1.807, 2.05) is 0 Å². The summed E-state index contributed by atoms with van der Waals surface area (Å²) in [7, 11) is 0. The molecule has 1 aliphatic carbocycles. The first-order valence-corrected chi connectivity index (χ1v) is 6.25. The summed E-state index contributed by atoms with van der Waals surface area (Å²) >= 11 is 0. The van der Waals surface area contributed by atoms with Gasteiger partial charge in [0.1, 0.15) is 5.69 Å². The number of amides is 1. The zero-order valence-corrected chi connectivity index (χ0v) is 9.87. The number of pyridine rings is 1. The second-order valence-corrected chi connectivity index (χ2v) is 4.60. The Morgan fingerprint density at radius 2 is 1.94 bits per heavy atom. The summed E-state index contributed by atoms with van der Waals surface area (Å²) in [4.78, 5) is 25.8. The molecule has 1 amide bonds. The van der Waals surface area contributed by atoms with Crippen molar-refractivity contribution >= 4 is 5.91 Å². The molecule has 4 nitrogen and oxygen atoms in total. The van der Waals surface area contributed by atoms with Crippen LogP contribution in [-0.2, 0) is 0 Å². The number of hydrogen-bond acceptors (Lipinski definition) is 2. The van der Waals surface area contributed by atoms with Crippen molar-refractivity contribution in [2.75, 3.05) is 0 Å². The van der Waals surface area contributed by atoms with E-state index in [4.69, 9.17) is 0 Å². The first-order chi connectivity index (χ1) is 8.25. The molecule has 1 fully saturated rings. The van der Waals surface area contributed by atoms with Crippen LogP contribution in [0.3, 0.4) is 0 Å². The first-order valence-electron chi connectivity index (χ1n) is 6.25. The molecule has 0 radical (unpaired) electrons. The molecular formula is C13H18N2O2. The van der Waals surface area contributed by atoms with E-state index in [0.29, 0.717) is 5.69 Å². The summed E-state index contributed by atoms with van der Waals surface area (Å²) < 4.78 is 0. The molecule has 0 saturated heterocycles. The highest BCUT2D eigenvalue weighted by Crippen LogP contribution is 2.17. The van der Waals surface area contributed by atoms with E-state index < -0.39 is 0 Å². The monoisotopic (exact) mass is 234 g/mol. The Kier molecular flexibility index (Phi) is 3.96. The minimum absolute atomic E-state index is 0.144. The van der Waals surface area contributed by atoms with Crippen molar-refractivity contribution in [3.8, 4) is 0 Å². The van der Waals surface area contributed by atoms with Crippen LogP contribution in [0.25, 0.3) is 0 Å². The third-order valence-electron chi connectivity index (χ3n) is 3.21. The Hall–Kier alpha value is -1.58. The summed E-state index contributed by atoms with van der Waals surface area (Å²) in [5, 5.41) is 2.99. The van der Waals surface area contributed by atoms with Crippen molar-refractivity contribution in [3.05, 3.63) is 34.2 Å². The quantitative estimate of drug-likeness (QED) is 0.767. The van der Waals surface area contributed by atoms with E-state index in [1.54, 1.807) is 0 Å². The third-order valence-corrected chi connectivity index (χ3v) is 3.21. The van der Waals surface area contributed by atoms with Gasteiger partial charge in [-0.3, -0.25) is 9.59 Å². The van der Waals surface area contributed by atoms with Crippen LogP contribution in [0.2, 0.25) is 0 Å². The van der Waals surface area contributed by atoms with Gasteiger partial charge in [-0.25, -0.2) is 0 Å². The molecule has 0 spiro atoms. The molecule has 4 heteroatoms. The molecule has 2 rings (SSSR count). The normalized spacial score (nSPS) is 17.4. The molecule has 92 valence electrons. The molecule has 0 aliphatic heterocycles. The van der Waals surface area contributed by atoms with Crippen LogP contribution in [0.1, 0.15) is 49.0 Å². The molecule has 1 saturated carbocycles. The van der Waals surface area contributed by atoms with E-state index >= 15 is 0 Å². The fraction of sp³-hybridized carbons (Fsp3) is 0.538. The maximum atomic E-state index is 11.9. The Balaban J connectivity index is 1.98. The van der Waals surface area contributed by atoms with E-state index in [2.05, 4.69) is 10.3 Å². The lowest BCUT2D eigenvalue weighted by Gasteiger charge is -2.15. The lowest BCUT2D eigenvalue weighted by molar-refractivity contribution is 0.0928. The van der Waals surface area contributed by atoms with Crippen LogP contribution in [0.4, 0.5) is 0 Å². The summed E-state index contributed by atoms with van der Waals surface area (Å²) in [6.07, 6.45) is 8.46. The molecule has 17 heavy (non-hydrogen) atoms. The molecule has 1 heterocycles. The van der Waals surface area contributed by atoms with Gasteiger partial charge in [0, 0.05) is 24.4 Å². The number of hydrogen-bond donors (Lipinski definition) is 2. The number of aromatic amines is 1.